The number of thiophene rings is 1. The van der Waals surface area contributed by atoms with Crippen molar-refractivity contribution in [2.24, 2.45) is 5.41 Å². The minimum Gasteiger partial charge on any atom is -0.316 e. The molecule has 2 nitrogen and oxygen atoms in total. The zero-order valence-corrected chi connectivity index (χ0v) is 11.4. The Morgan fingerprint density at radius 2 is 2.20 bits per heavy atom. The summed E-state index contributed by atoms with van der Waals surface area (Å²) < 4.78 is 13.0. The third-order valence-corrected chi connectivity index (χ3v) is 5.16. The molecule has 0 bridgehead atoms. The van der Waals surface area contributed by atoms with E-state index in [1.54, 1.807) is 11.3 Å². The highest BCUT2D eigenvalue weighted by atomic mass is 32.2. The van der Waals surface area contributed by atoms with E-state index in [-0.39, 0.29) is 11.5 Å². The first-order valence-electron chi connectivity index (χ1n) is 5.04. The standard InChI is InChI=1S/C11H19NOS2/c1-11(2,3)9(12-4)8-15(13)10-6-5-7-14-10/h5-7,9,12H,8H2,1-4H3. The van der Waals surface area contributed by atoms with Crippen molar-refractivity contribution in [1.82, 2.24) is 5.32 Å². The summed E-state index contributed by atoms with van der Waals surface area (Å²) in [4.78, 5) is 0. The normalized spacial score (nSPS) is 16.3. The first-order valence-corrected chi connectivity index (χ1v) is 7.24. The summed E-state index contributed by atoms with van der Waals surface area (Å²) in [7, 11) is 1.06. The second-order valence-corrected chi connectivity index (χ2v) is 7.32. The van der Waals surface area contributed by atoms with Crippen LogP contribution in [-0.2, 0) is 10.8 Å². The fourth-order valence-electron chi connectivity index (χ4n) is 1.39. The predicted octanol–water partition coefficient (Wildman–Crippen LogP) is 2.49. The monoisotopic (exact) mass is 245 g/mol. The zero-order valence-electron chi connectivity index (χ0n) is 9.74. The van der Waals surface area contributed by atoms with E-state index in [1.165, 1.54) is 0 Å². The molecule has 1 aromatic rings. The fourth-order valence-corrected chi connectivity index (χ4v) is 4.01. The smallest absolute Gasteiger partial charge is 0.0911 e. The van der Waals surface area contributed by atoms with Gasteiger partial charge in [-0.3, -0.25) is 4.21 Å². The molecule has 2 atom stereocenters. The molecule has 0 aliphatic heterocycles. The van der Waals surface area contributed by atoms with Gasteiger partial charge in [-0.15, -0.1) is 11.3 Å². The Kier molecular flexibility index (Phi) is 4.49. The molecule has 15 heavy (non-hydrogen) atoms. The van der Waals surface area contributed by atoms with Crippen LogP contribution in [0.1, 0.15) is 20.8 Å². The minimum atomic E-state index is -0.873. The van der Waals surface area contributed by atoms with Crippen molar-refractivity contribution in [3.63, 3.8) is 0 Å². The van der Waals surface area contributed by atoms with Gasteiger partial charge in [-0.1, -0.05) is 26.8 Å². The van der Waals surface area contributed by atoms with Crippen LogP contribution in [0.3, 0.4) is 0 Å². The molecule has 1 N–H and O–H groups in total. The Morgan fingerprint density at radius 1 is 1.53 bits per heavy atom. The number of hydrogen-bond donors (Lipinski definition) is 1. The molecule has 0 radical (unpaired) electrons. The summed E-state index contributed by atoms with van der Waals surface area (Å²) in [5, 5.41) is 5.22. The molecular formula is C11H19NOS2. The van der Waals surface area contributed by atoms with E-state index in [1.807, 2.05) is 24.6 Å². The van der Waals surface area contributed by atoms with E-state index >= 15 is 0 Å². The molecule has 1 heterocycles. The van der Waals surface area contributed by atoms with Gasteiger partial charge in [-0.25, -0.2) is 0 Å². The Morgan fingerprint density at radius 3 is 2.60 bits per heavy atom. The number of rotatable bonds is 4. The summed E-state index contributed by atoms with van der Waals surface area (Å²) in [5.74, 6) is 0.681. The first kappa shape index (κ1) is 12.9. The van der Waals surface area contributed by atoms with Gasteiger partial charge in [0.05, 0.1) is 15.0 Å². The van der Waals surface area contributed by atoms with Gasteiger partial charge < -0.3 is 5.32 Å². The van der Waals surface area contributed by atoms with Gasteiger partial charge in [0.2, 0.25) is 0 Å². The minimum absolute atomic E-state index is 0.141. The van der Waals surface area contributed by atoms with E-state index in [0.717, 1.165) is 4.21 Å². The van der Waals surface area contributed by atoms with Crippen molar-refractivity contribution in [3.05, 3.63) is 17.5 Å². The van der Waals surface area contributed by atoms with Crippen molar-refractivity contribution in [2.45, 2.75) is 31.0 Å². The largest absolute Gasteiger partial charge is 0.316 e. The first-order chi connectivity index (χ1) is 6.95. The quantitative estimate of drug-likeness (QED) is 0.883. The van der Waals surface area contributed by atoms with Crippen LogP contribution in [0.4, 0.5) is 0 Å². The molecule has 0 spiro atoms. The molecule has 1 aromatic heterocycles. The molecule has 0 aliphatic rings. The van der Waals surface area contributed by atoms with E-state index < -0.39 is 10.8 Å². The van der Waals surface area contributed by atoms with Gasteiger partial charge in [0.1, 0.15) is 0 Å². The lowest BCUT2D eigenvalue weighted by Gasteiger charge is -2.29. The molecule has 0 aliphatic carbocycles. The molecule has 0 amide bonds. The summed E-state index contributed by atoms with van der Waals surface area (Å²) in [6.45, 7) is 6.50. The van der Waals surface area contributed by atoms with Crippen molar-refractivity contribution in [3.8, 4) is 0 Å². The van der Waals surface area contributed by atoms with Gasteiger partial charge in [0.15, 0.2) is 0 Å². The SMILES string of the molecule is CNC(CS(=O)c1cccs1)C(C)(C)C. The summed E-state index contributed by atoms with van der Waals surface area (Å²) in [6, 6.07) is 4.17. The van der Waals surface area contributed by atoms with Crippen LogP contribution in [0.25, 0.3) is 0 Å². The molecule has 4 heteroatoms. The number of hydrogen-bond acceptors (Lipinski definition) is 3. The maximum absolute atomic E-state index is 12.0. The van der Waals surface area contributed by atoms with Crippen LogP contribution in [0.2, 0.25) is 0 Å². The Balaban J connectivity index is 2.65. The van der Waals surface area contributed by atoms with Gasteiger partial charge >= 0.3 is 0 Å². The third kappa shape index (κ3) is 3.70. The van der Waals surface area contributed by atoms with E-state index in [0.29, 0.717) is 5.75 Å². The van der Waals surface area contributed by atoms with Crippen LogP contribution in [0.15, 0.2) is 21.7 Å². The fraction of sp³-hybridized carbons (Fsp3) is 0.636. The predicted molar refractivity (Wildman–Crippen MR) is 67.9 cm³/mol. The molecule has 1 rings (SSSR count). The maximum atomic E-state index is 12.0. The molecule has 0 aromatic carbocycles. The van der Waals surface area contributed by atoms with Crippen LogP contribution in [-0.4, -0.2) is 23.1 Å². The Bertz CT molecular complexity index is 314. The molecular weight excluding hydrogens is 226 g/mol. The van der Waals surface area contributed by atoms with Crippen LogP contribution in [0.5, 0.6) is 0 Å². The van der Waals surface area contributed by atoms with E-state index in [2.05, 4.69) is 26.1 Å². The van der Waals surface area contributed by atoms with Crippen molar-refractivity contribution in [2.75, 3.05) is 12.8 Å². The topological polar surface area (TPSA) is 29.1 Å². The third-order valence-electron chi connectivity index (χ3n) is 2.43. The van der Waals surface area contributed by atoms with Gasteiger partial charge in [-0.2, -0.15) is 0 Å². The summed E-state index contributed by atoms with van der Waals surface area (Å²) >= 11 is 1.57. The van der Waals surface area contributed by atoms with Crippen LogP contribution in [0, 0.1) is 5.41 Å². The lowest BCUT2D eigenvalue weighted by molar-refractivity contribution is 0.304. The molecule has 0 saturated carbocycles. The average molecular weight is 245 g/mol. The molecule has 0 fully saturated rings. The van der Waals surface area contributed by atoms with Crippen molar-refractivity contribution in [1.29, 1.82) is 0 Å². The second-order valence-electron chi connectivity index (χ2n) is 4.65. The second kappa shape index (κ2) is 5.23. The van der Waals surface area contributed by atoms with Crippen molar-refractivity contribution >= 4 is 22.1 Å². The maximum Gasteiger partial charge on any atom is 0.0911 e. The van der Waals surface area contributed by atoms with Gasteiger partial charge in [-0.05, 0) is 23.9 Å². The van der Waals surface area contributed by atoms with Crippen LogP contribution >= 0.6 is 11.3 Å². The van der Waals surface area contributed by atoms with Crippen molar-refractivity contribution < 1.29 is 4.21 Å². The highest BCUT2D eigenvalue weighted by Gasteiger charge is 2.25. The summed E-state index contributed by atoms with van der Waals surface area (Å²) in [5.41, 5.74) is 0.141. The molecule has 2 unspecified atom stereocenters. The summed E-state index contributed by atoms with van der Waals surface area (Å²) in [6.07, 6.45) is 0. The molecule has 0 saturated heterocycles. The van der Waals surface area contributed by atoms with Gasteiger partial charge in [0, 0.05) is 11.8 Å². The number of nitrogens with one attached hydrogen (secondary N) is 1. The lowest BCUT2D eigenvalue weighted by atomic mass is 9.88. The van der Waals surface area contributed by atoms with Crippen LogP contribution < -0.4 is 5.32 Å². The van der Waals surface area contributed by atoms with E-state index in [4.69, 9.17) is 0 Å². The zero-order chi connectivity index (χ0) is 11.5. The Labute approximate surface area is 98.6 Å². The average Bonchev–Trinajstić information content (AvgIpc) is 2.64. The Hall–Kier alpha value is -0.190. The molecule has 86 valence electrons. The highest BCUT2D eigenvalue weighted by Crippen LogP contribution is 2.22. The lowest BCUT2D eigenvalue weighted by Crippen LogP contribution is -2.42. The van der Waals surface area contributed by atoms with E-state index in [9.17, 15) is 4.21 Å². The van der Waals surface area contributed by atoms with Gasteiger partial charge in [0.25, 0.3) is 0 Å². The highest BCUT2D eigenvalue weighted by molar-refractivity contribution is 7.87.